The van der Waals surface area contributed by atoms with Crippen molar-refractivity contribution in [3.8, 4) is 0 Å². The summed E-state index contributed by atoms with van der Waals surface area (Å²) in [4.78, 5) is 4.72. The first-order valence-electron chi connectivity index (χ1n) is 7.21. The van der Waals surface area contributed by atoms with Gasteiger partial charge in [-0.25, -0.2) is 4.98 Å². The summed E-state index contributed by atoms with van der Waals surface area (Å²) in [6.07, 6.45) is 0. The Morgan fingerprint density at radius 3 is 2.32 bits per heavy atom. The molecule has 4 rings (SSSR count). The molecule has 3 nitrogen and oxygen atoms in total. The summed E-state index contributed by atoms with van der Waals surface area (Å²) >= 11 is 0. The highest BCUT2D eigenvalue weighted by atomic mass is 14.9. The number of fused-ring (bicyclic) bond motifs is 2. The number of benzene rings is 3. The van der Waals surface area contributed by atoms with Gasteiger partial charge in [0.05, 0.1) is 16.7 Å². The topological polar surface area (TPSA) is 50.9 Å². The van der Waals surface area contributed by atoms with Crippen molar-refractivity contribution in [2.75, 3.05) is 11.1 Å². The largest absolute Gasteiger partial charge is 0.399 e. The third-order valence-electron chi connectivity index (χ3n) is 3.75. The molecule has 0 amide bonds. The number of hydrogen-bond acceptors (Lipinski definition) is 3. The van der Waals surface area contributed by atoms with Crippen molar-refractivity contribution in [2.45, 2.75) is 0 Å². The van der Waals surface area contributed by atoms with Gasteiger partial charge in [0.1, 0.15) is 0 Å². The van der Waals surface area contributed by atoms with Crippen LogP contribution in [0.15, 0.2) is 72.8 Å². The number of nitrogen functional groups attached to an aromatic ring is 1. The van der Waals surface area contributed by atoms with Crippen LogP contribution >= 0.6 is 0 Å². The summed E-state index contributed by atoms with van der Waals surface area (Å²) in [5.74, 6) is 0. The first-order chi connectivity index (χ1) is 10.8. The van der Waals surface area contributed by atoms with Gasteiger partial charge in [0, 0.05) is 22.1 Å². The van der Waals surface area contributed by atoms with Gasteiger partial charge in [-0.15, -0.1) is 0 Å². The lowest BCUT2D eigenvalue weighted by atomic mass is 10.1. The van der Waals surface area contributed by atoms with E-state index in [0.717, 1.165) is 38.9 Å². The molecule has 0 fully saturated rings. The van der Waals surface area contributed by atoms with Gasteiger partial charge in [-0.2, -0.15) is 0 Å². The van der Waals surface area contributed by atoms with E-state index < -0.39 is 0 Å². The van der Waals surface area contributed by atoms with Crippen molar-refractivity contribution in [1.29, 1.82) is 0 Å². The van der Waals surface area contributed by atoms with Crippen LogP contribution in [0.5, 0.6) is 0 Å². The van der Waals surface area contributed by atoms with E-state index >= 15 is 0 Å². The first-order valence-corrected chi connectivity index (χ1v) is 7.21. The minimum absolute atomic E-state index is 0.723. The molecular weight excluding hydrogens is 270 g/mol. The maximum Gasteiger partial charge on any atom is 0.0751 e. The van der Waals surface area contributed by atoms with Gasteiger partial charge in [-0.3, -0.25) is 0 Å². The zero-order valence-electron chi connectivity index (χ0n) is 12.0. The summed E-state index contributed by atoms with van der Waals surface area (Å²) in [6.45, 7) is 0. The fourth-order valence-corrected chi connectivity index (χ4v) is 2.71. The van der Waals surface area contributed by atoms with Crippen LogP contribution in [0.4, 0.5) is 17.1 Å². The normalized spacial score (nSPS) is 10.9. The average molecular weight is 285 g/mol. The molecule has 0 saturated heterocycles. The number of nitrogens with two attached hydrogens (primary N) is 1. The molecule has 0 radical (unpaired) electrons. The number of hydrogen-bond donors (Lipinski definition) is 2. The quantitative estimate of drug-likeness (QED) is 0.414. The Balaban J connectivity index is 2.03. The SMILES string of the molecule is Nc1ccc2c(Nc3ccccc3)c3ccccc3nc2c1. The van der Waals surface area contributed by atoms with Crippen LogP contribution in [-0.4, -0.2) is 4.98 Å². The number of anilines is 3. The summed E-state index contributed by atoms with van der Waals surface area (Å²) in [5, 5.41) is 5.70. The van der Waals surface area contributed by atoms with Gasteiger partial charge in [0.15, 0.2) is 0 Å². The van der Waals surface area contributed by atoms with E-state index in [4.69, 9.17) is 10.7 Å². The number of nitrogens with one attached hydrogen (secondary N) is 1. The Kier molecular flexibility index (Phi) is 2.90. The molecule has 0 aliphatic carbocycles. The highest BCUT2D eigenvalue weighted by molar-refractivity contribution is 6.09. The first kappa shape index (κ1) is 12.7. The van der Waals surface area contributed by atoms with Crippen LogP contribution in [0.2, 0.25) is 0 Å². The Hall–Kier alpha value is -3.07. The maximum atomic E-state index is 5.91. The predicted octanol–water partition coefficient (Wildman–Crippen LogP) is 4.71. The zero-order chi connectivity index (χ0) is 14.9. The highest BCUT2D eigenvalue weighted by Crippen LogP contribution is 2.33. The summed E-state index contributed by atoms with van der Waals surface area (Å²) in [6, 6.07) is 24.1. The van der Waals surface area contributed by atoms with Crippen LogP contribution in [0, 0.1) is 0 Å². The van der Waals surface area contributed by atoms with E-state index in [1.54, 1.807) is 0 Å². The average Bonchev–Trinajstić information content (AvgIpc) is 2.55. The molecule has 1 aromatic heterocycles. The lowest BCUT2D eigenvalue weighted by Crippen LogP contribution is -1.96. The van der Waals surface area contributed by atoms with Crippen LogP contribution in [0.3, 0.4) is 0 Å². The minimum atomic E-state index is 0.723. The van der Waals surface area contributed by atoms with Crippen molar-refractivity contribution < 1.29 is 0 Å². The molecular formula is C19H15N3. The van der Waals surface area contributed by atoms with Crippen LogP contribution in [-0.2, 0) is 0 Å². The molecule has 22 heavy (non-hydrogen) atoms. The second kappa shape index (κ2) is 5.04. The Morgan fingerprint density at radius 2 is 1.45 bits per heavy atom. The van der Waals surface area contributed by atoms with Gasteiger partial charge in [0.2, 0.25) is 0 Å². The molecule has 0 aliphatic rings. The van der Waals surface area contributed by atoms with Gasteiger partial charge < -0.3 is 11.1 Å². The third kappa shape index (κ3) is 2.13. The van der Waals surface area contributed by atoms with E-state index in [2.05, 4.69) is 23.5 Å². The van der Waals surface area contributed by atoms with Crippen LogP contribution in [0.1, 0.15) is 0 Å². The lowest BCUT2D eigenvalue weighted by Gasteiger charge is -2.13. The molecule has 3 aromatic carbocycles. The highest BCUT2D eigenvalue weighted by Gasteiger charge is 2.09. The number of rotatable bonds is 2. The standard InChI is InChI=1S/C19H15N3/c20-13-10-11-16-18(12-13)22-17-9-5-4-8-15(17)19(16)21-14-6-2-1-3-7-14/h1-12H,20H2,(H,21,22). The number of aromatic nitrogens is 1. The van der Waals surface area contributed by atoms with Crippen LogP contribution < -0.4 is 11.1 Å². The molecule has 3 N–H and O–H groups in total. The molecule has 0 unspecified atom stereocenters. The Labute approximate surface area is 128 Å². The summed E-state index contributed by atoms with van der Waals surface area (Å²) < 4.78 is 0. The molecule has 0 aliphatic heterocycles. The van der Waals surface area contributed by atoms with Gasteiger partial charge >= 0.3 is 0 Å². The monoisotopic (exact) mass is 285 g/mol. The van der Waals surface area contributed by atoms with Crippen molar-refractivity contribution in [3.05, 3.63) is 72.8 Å². The molecule has 4 aromatic rings. The number of para-hydroxylation sites is 2. The summed E-state index contributed by atoms with van der Waals surface area (Å²) in [5.41, 5.74) is 10.6. The van der Waals surface area contributed by atoms with Crippen molar-refractivity contribution in [3.63, 3.8) is 0 Å². The molecule has 0 atom stereocenters. The van der Waals surface area contributed by atoms with Crippen LogP contribution in [0.25, 0.3) is 21.8 Å². The lowest BCUT2D eigenvalue weighted by molar-refractivity contribution is 1.48. The van der Waals surface area contributed by atoms with Crippen molar-refractivity contribution in [1.82, 2.24) is 4.98 Å². The van der Waals surface area contributed by atoms with Crippen molar-refractivity contribution >= 4 is 38.9 Å². The fourth-order valence-electron chi connectivity index (χ4n) is 2.71. The number of pyridine rings is 1. The maximum absolute atomic E-state index is 5.91. The molecule has 0 bridgehead atoms. The number of nitrogens with zero attached hydrogens (tertiary/aromatic N) is 1. The predicted molar refractivity (Wildman–Crippen MR) is 93.4 cm³/mol. The minimum Gasteiger partial charge on any atom is -0.399 e. The van der Waals surface area contributed by atoms with Crippen molar-refractivity contribution in [2.24, 2.45) is 0 Å². The molecule has 106 valence electrons. The van der Waals surface area contributed by atoms with E-state index in [1.807, 2.05) is 54.6 Å². The smallest absolute Gasteiger partial charge is 0.0751 e. The zero-order valence-corrected chi connectivity index (χ0v) is 12.0. The van der Waals surface area contributed by atoms with E-state index in [-0.39, 0.29) is 0 Å². The van der Waals surface area contributed by atoms with Gasteiger partial charge in [0.25, 0.3) is 0 Å². The third-order valence-corrected chi connectivity index (χ3v) is 3.75. The molecule has 0 spiro atoms. The second-order valence-corrected chi connectivity index (χ2v) is 5.27. The molecule has 0 saturated carbocycles. The van der Waals surface area contributed by atoms with E-state index in [1.165, 1.54) is 0 Å². The van der Waals surface area contributed by atoms with E-state index in [0.29, 0.717) is 0 Å². The fraction of sp³-hybridized carbons (Fsp3) is 0. The Morgan fingerprint density at radius 1 is 0.727 bits per heavy atom. The summed E-state index contributed by atoms with van der Waals surface area (Å²) in [7, 11) is 0. The van der Waals surface area contributed by atoms with E-state index in [9.17, 15) is 0 Å². The molecule has 1 heterocycles. The second-order valence-electron chi connectivity index (χ2n) is 5.27. The molecule has 3 heteroatoms. The Bertz CT molecular complexity index is 962. The van der Waals surface area contributed by atoms with Gasteiger partial charge in [-0.05, 0) is 36.4 Å². The van der Waals surface area contributed by atoms with Gasteiger partial charge in [-0.1, -0.05) is 36.4 Å².